The largest absolute Gasteiger partial charge is 0.455 e. The third-order valence-electron chi connectivity index (χ3n) is 7.56. The predicted octanol–water partition coefficient (Wildman–Crippen LogP) is 8.76. The fraction of sp³-hybridized carbons (Fsp3) is 0.303. The van der Waals surface area contributed by atoms with E-state index in [1.165, 1.54) is 60.3 Å². The summed E-state index contributed by atoms with van der Waals surface area (Å²) >= 11 is 0. The molecule has 0 amide bonds. The number of aromatic nitrogens is 1. The smallest absolute Gasteiger partial charge is 0.228 e. The Morgan fingerprint density at radius 3 is 2.40 bits per heavy atom. The number of aryl methyl sites for hydroxylation is 2. The van der Waals surface area contributed by atoms with Crippen LogP contribution in [0.25, 0.3) is 43.6 Å². The van der Waals surface area contributed by atoms with Crippen LogP contribution in [0.3, 0.4) is 0 Å². The first-order chi connectivity index (χ1) is 16.6. The predicted molar refractivity (Wildman–Crippen MR) is 148 cm³/mol. The van der Waals surface area contributed by atoms with Crippen molar-refractivity contribution in [3.8, 4) is 22.8 Å². The van der Waals surface area contributed by atoms with Crippen LogP contribution < -0.4 is 9.30 Å². The summed E-state index contributed by atoms with van der Waals surface area (Å²) in [5.41, 5.74) is 6.55. The van der Waals surface area contributed by atoms with Crippen LogP contribution in [-0.2, 0) is 13.5 Å². The zero-order chi connectivity index (χ0) is 24.6. The molecular formula is C33H34NO+. The van der Waals surface area contributed by atoms with E-state index in [0.29, 0.717) is 5.92 Å². The van der Waals surface area contributed by atoms with Gasteiger partial charge in [-0.15, -0.1) is 0 Å². The van der Waals surface area contributed by atoms with Gasteiger partial charge in [0, 0.05) is 11.6 Å². The van der Waals surface area contributed by atoms with Crippen LogP contribution in [-0.4, -0.2) is 0 Å². The van der Waals surface area contributed by atoms with Crippen molar-refractivity contribution in [2.24, 2.45) is 12.5 Å². The lowest BCUT2D eigenvalue weighted by Crippen LogP contribution is -2.32. The molecule has 0 aliphatic carbocycles. The van der Waals surface area contributed by atoms with E-state index in [1.807, 2.05) is 0 Å². The van der Waals surface area contributed by atoms with Crippen molar-refractivity contribution < 1.29 is 9.30 Å². The van der Waals surface area contributed by atoms with Crippen molar-refractivity contribution in [1.82, 2.24) is 0 Å². The minimum absolute atomic E-state index is 0.116. The number of rotatable bonds is 2. The second kappa shape index (κ2) is 7.55. The number of fused-ring (bicyclic) bond motifs is 5. The third-order valence-corrected chi connectivity index (χ3v) is 7.56. The van der Waals surface area contributed by atoms with Crippen molar-refractivity contribution in [3.05, 3.63) is 77.5 Å². The minimum atomic E-state index is 0.116. The van der Waals surface area contributed by atoms with E-state index in [1.54, 1.807) is 0 Å². The second-order valence-corrected chi connectivity index (χ2v) is 11.8. The Labute approximate surface area is 208 Å². The van der Waals surface area contributed by atoms with Crippen molar-refractivity contribution in [2.45, 2.75) is 53.9 Å². The maximum atomic E-state index is 7.00. The molecule has 5 aromatic rings. The number of hydrogen-bond donors (Lipinski definition) is 0. The van der Waals surface area contributed by atoms with Gasteiger partial charge < -0.3 is 4.74 Å². The molecule has 2 nitrogen and oxygen atoms in total. The molecule has 1 aliphatic heterocycles. The number of ether oxygens (including phenoxy) is 1. The Kier molecular flexibility index (Phi) is 4.77. The monoisotopic (exact) mass is 460 g/mol. The highest BCUT2D eigenvalue weighted by molar-refractivity contribution is 6.15. The van der Waals surface area contributed by atoms with Gasteiger partial charge >= 0.3 is 0 Å². The van der Waals surface area contributed by atoms with Crippen LogP contribution in [0.4, 0.5) is 0 Å². The molecule has 4 aromatic carbocycles. The van der Waals surface area contributed by atoms with E-state index in [4.69, 9.17) is 4.74 Å². The lowest BCUT2D eigenvalue weighted by Gasteiger charge is -2.29. The molecule has 6 rings (SSSR count). The van der Waals surface area contributed by atoms with Crippen molar-refractivity contribution >= 4 is 32.3 Å². The fourth-order valence-corrected chi connectivity index (χ4v) is 5.89. The van der Waals surface area contributed by atoms with E-state index in [0.717, 1.165) is 17.9 Å². The Morgan fingerprint density at radius 2 is 1.66 bits per heavy atom. The number of benzene rings is 4. The summed E-state index contributed by atoms with van der Waals surface area (Å²) in [6.07, 6.45) is 3.15. The standard InChI is InChI=1S/C33H34NO/c1-19(2)23-16-22-14-15-34(7)31-28-20(3)24-13-12-21-10-8-9-11-25(21)30(24)26(18-33(4,5)6)32(28)35-27(17-23)29(22)31/h8-17,19H,18H2,1-7H3/q+1. The molecule has 0 N–H and O–H groups in total. The van der Waals surface area contributed by atoms with Gasteiger partial charge in [0.1, 0.15) is 18.5 Å². The molecule has 0 bridgehead atoms. The first-order valence-corrected chi connectivity index (χ1v) is 12.8. The molecule has 0 unspecified atom stereocenters. The topological polar surface area (TPSA) is 13.1 Å². The average molecular weight is 461 g/mol. The number of nitrogens with zero attached hydrogens (tertiary/aromatic N) is 1. The Bertz CT molecular complexity index is 1670. The van der Waals surface area contributed by atoms with E-state index in [-0.39, 0.29) is 5.41 Å². The maximum absolute atomic E-state index is 7.00. The van der Waals surface area contributed by atoms with Crippen LogP contribution in [0.1, 0.15) is 57.2 Å². The Balaban J connectivity index is 1.82. The van der Waals surface area contributed by atoms with Gasteiger partial charge in [-0.1, -0.05) is 77.1 Å². The molecule has 0 atom stereocenters. The summed E-state index contributed by atoms with van der Waals surface area (Å²) in [5, 5.41) is 7.72. The quantitative estimate of drug-likeness (QED) is 0.186. The van der Waals surface area contributed by atoms with E-state index < -0.39 is 0 Å². The molecule has 2 heterocycles. The molecule has 0 saturated heterocycles. The van der Waals surface area contributed by atoms with E-state index in [2.05, 4.69) is 114 Å². The zero-order valence-electron chi connectivity index (χ0n) is 21.9. The summed E-state index contributed by atoms with van der Waals surface area (Å²) < 4.78 is 9.28. The van der Waals surface area contributed by atoms with Crippen LogP contribution in [0, 0.1) is 12.3 Å². The van der Waals surface area contributed by atoms with Crippen molar-refractivity contribution in [3.63, 3.8) is 0 Å². The van der Waals surface area contributed by atoms with Gasteiger partial charge in [0.25, 0.3) is 0 Å². The SMILES string of the molecule is Cc1c2c(c(CC(C)(C)C)c3c1ccc1ccccc13)Oc1cc(C(C)C)cc3cc[n+](C)c-2c13. The van der Waals surface area contributed by atoms with Gasteiger partial charge in [0.15, 0.2) is 6.20 Å². The van der Waals surface area contributed by atoms with Crippen LogP contribution >= 0.6 is 0 Å². The average Bonchev–Trinajstić information content (AvgIpc) is 2.81. The lowest BCUT2D eigenvalue weighted by atomic mass is 9.80. The van der Waals surface area contributed by atoms with Gasteiger partial charge in [0.05, 0.1) is 10.9 Å². The van der Waals surface area contributed by atoms with Gasteiger partial charge in [-0.2, -0.15) is 0 Å². The van der Waals surface area contributed by atoms with Crippen molar-refractivity contribution in [1.29, 1.82) is 0 Å². The highest BCUT2D eigenvalue weighted by Gasteiger charge is 2.34. The molecule has 0 radical (unpaired) electrons. The molecule has 2 heteroatoms. The van der Waals surface area contributed by atoms with Gasteiger partial charge in [-0.3, -0.25) is 0 Å². The molecule has 0 spiro atoms. The fourth-order valence-electron chi connectivity index (χ4n) is 5.89. The van der Waals surface area contributed by atoms with Crippen LogP contribution in [0.15, 0.2) is 60.8 Å². The molecule has 0 fully saturated rings. The Morgan fingerprint density at radius 1 is 0.886 bits per heavy atom. The highest BCUT2D eigenvalue weighted by atomic mass is 16.5. The Hall–Kier alpha value is -3.39. The molecule has 35 heavy (non-hydrogen) atoms. The van der Waals surface area contributed by atoms with Crippen molar-refractivity contribution in [2.75, 3.05) is 0 Å². The van der Waals surface area contributed by atoms with Crippen LogP contribution in [0.5, 0.6) is 11.5 Å². The second-order valence-electron chi connectivity index (χ2n) is 11.8. The van der Waals surface area contributed by atoms with E-state index in [9.17, 15) is 0 Å². The van der Waals surface area contributed by atoms with Gasteiger partial charge in [-0.25, -0.2) is 4.57 Å². The summed E-state index contributed by atoms with van der Waals surface area (Å²) in [6, 6.07) is 20.2. The third kappa shape index (κ3) is 3.34. The first-order valence-electron chi connectivity index (χ1n) is 12.8. The molecule has 1 aliphatic rings. The van der Waals surface area contributed by atoms with Crippen LogP contribution in [0.2, 0.25) is 0 Å². The first kappa shape index (κ1) is 22.1. The number of hydrogen-bond acceptors (Lipinski definition) is 1. The zero-order valence-corrected chi connectivity index (χ0v) is 21.9. The summed E-state index contributed by atoms with van der Waals surface area (Å²) in [5.74, 6) is 2.46. The molecule has 176 valence electrons. The minimum Gasteiger partial charge on any atom is -0.455 e. The maximum Gasteiger partial charge on any atom is 0.228 e. The van der Waals surface area contributed by atoms with E-state index >= 15 is 0 Å². The summed E-state index contributed by atoms with van der Waals surface area (Å²) in [6.45, 7) is 13.7. The molecule has 1 aromatic heterocycles. The summed E-state index contributed by atoms with van der Waals surface area (Å²) in [4.78, 5) is 0. The number of pyridine rings is 1. The molecular weight excluding hydrogens is 426 g/mol. The van der Waals surface area contributed by atoms with Gasteiger partial charge in [0.2, 0.25) is 5.69 Å². The van der Waals surface area contributed by atoms with Gasteiger partial charge in [-0.05, 0) is 68.8 Å². The normalized spacial score (nSPS) is 13.0. The summed E-state index contributed by atoms with van der Waals surface area (Å²) in [7, 11) is 2.16. The highest BCUT2D eigenvalue weighted by Crippen LogP contribution is 2.53. The molecule has 0 saturated carbocycles. The lowest BCUT2D eigenvalue weighted by molar-refractivity contribution is -0.659.